The fraction of sp³-hybridized carbons (Fsp3) is 0.368. The molecule has 248 valence electrons. The van der Waals surface area contributed by atoms with Gasteiger partial charge in [-0.1, -0.05) is 80.2 Å². The summed E-state index contributed by atoms with van der Waals surface area (Å²) in [5, 5.41) is 20.5. The van der Waals surface area contributed by atoms with Gasteiger partial charge in [-0.15, -0.1) is 0 Å². The molecule has 2 amide bonds. The maximum atomic E-state index is 13.8. The molecule has 3 N–H and O–H groups in total. The molecule has 3 aromatic rings. The number of nitrogens with zero attached hydrogens (tertiary/aromatic N) is 2. The Labute approximate surface area is 278 Å². The van der Waals surface area contributed by atoms with Crippen LogP contribution in [0.5, 0.6) is 0 Å². The maximum Gasteiger partial charge on any atom is 0.269 e. The zero-order valence-corrected chi connectivity index (χ0v) is 26.8. The highest BCUT2D eigenvalue weighted by Gasteiger charge is 2.38. The van der Waals surface area contributed by atoms with Crippen molar-refractivity contribution in [2.75, 3.05) is 32.7 Å². The van der Waals surface area contributed by atoms with Gasteiger partial charge >= 0.3 is 0 Å². The molecule has 0 spiro atoms. The van der Waals surface area contributed by atoms with E-state index in [1.165, 1.54) is 23.3 Å². The summed E-state index contributed by atoms with van der Waals surface area (Å²) in [5.74, 6) is -1.20. The molecule has 0 radical (unpaired) electrons. The molecule has 2 heterocycles. The van der Waals surface area contributed by atoms with E-state index in [4.69, 9.17) is 0 Å². The molecule has 47 heavy (non-hydrogen) atoms. The first-order valence-corrected chi connectivity index (χ1v) is 16.1. The van der Waals surface area contributed by atoms with Crippen LogP contribution in [0.4, 0.5) is 5.69 Å². The number of dihydropyridines is 1. The van der Waals surface area contributed by atoms with Crippen LogP contribution in [0.1, 0.15) is 70.1 Å². The number of carbonyl (C=O) groups is 2. The van der Waals surface area contributed by atoms with Crippen LogP contribution >= 0.6 is 0 Å². The first kappa shape index (κ1) is 35.1. The van der Waals surface area contributed by atoms with E-state index in [0.29, 0.717) is 41.2 Å². The number of non-ortho nitro benzene ring substituents is 1. The highest BCUT2D eigenvalue weighted by atomic mass is 16.6. The smallest absolute Gasteiger partial charge is 0.269 e. The Morgan fingerprint density at radius 1 is 0.851 bits per heavy atom. The summed E-state index contributed by atoms with van der Waals surface area (Å²) in [6.45, 7) is 9.19. The minimum atomic E-state index is -0.667. The van der Waals surface area contributed by atoms with Crippen molar-refractivity contribution in [3.63, 3.8) is 0 Å². The van der Waals surface area contributed by atoms with Crippen LogP contribution in [-0.2, 0) is 15.0 Å². The molecule has 2 aliphatic heterocycles. The highest BCUT2D eigenvalue weighted by molar-refractivity contribution is 6.03. The van der Waals surface area contributed by atoms with Gasteiger partial charge in [-0.2, -0.15) is 0 Å². The van der Waals surface area contributed by atoms with Gasteiger partial charge in [0.05, 0.1) is 4.92 Å². The van der Waals surface area contributed by atoms with Gasteiger partial charge in [0, 0.05) is 59.1 Å². The summed E-state index contributed by atoms with van der Waals surface area (Å²) in [4.78, 5) is 40.3. The van der Waals surface area contributed by atoms with Crippen molar-refractivity contribution in [3.05, 3.63) is 134 Å². The van der Waals surface area contributed by atoms with Gasteiger partial charge in [0.1, 0.15) is 0 Å². The molecule has 3 aromatic carbocycles. The molecular formula is C38H47N5O4. The average molecular weight is 638 g/mol. The molecule has 9 nitrogen and oxygen atoms in total. The van der Waals surface area contributed by atoms with Gasteiger partial charge in [-0.25, -0.2) is 0 Å². The standard InChI is InChI=1S/C37H43N5O4.CH4/c1-4-38-35(43)32-26(2)40-27(3)33(34(32)28-16-18-31(19-17-28)42(45)46)36(44)39-22-11-23-41-24-20-37(21-25-41,29-12-7-5-8-13-29)30-14-9-6-10-15-30;/h5-10,12-19,34,40H,4,11,20-25H2,1-3H3,(H,38,43)(H,39,44);1H4. The Hall–Kier alpha value is -4.76. The summed E-state index contributed by atoms with van der Waals surface area (Å²) in [5.41, 5.74) is 5.47. The van der Waals surface area contributed by atoms with Crippen LogP contribution in [0, 0.1) is 10.1 Å². The molecule has 5 rings (SSSR count). The molecular weight excluding hydrogens is 590 g/mol. The minimum absolute atomic E-state index is 0. The molecule has 0 saturated carbocycles. The van der Waals surface area contributed by atoms with Gasteiger partial charge in [0.25, 0.3) is 5.69 Å². The molecule has 0 aliphatic carbocycles. The summed E-state index contributed by atoms with van der Waals surface area (Å²) in [6, 6.07) is 27.7. The van der Waals surface area contributed by atoms with Crippen molar-refractivity contribution in [2.24, 2.45) is 0 Å². The Morgan fingerprint density at radius 2 is 1.36 bits per heavy atom. The monoisotopic (exact) mass is 637 g/mol. The van der Waals surface area contributed by atoms with E-state index in [0.717, 1.165) is 38.9 Å². The van der Waals surface area contributed by atoms with Gasteiger partial charge in [-0.05, 0) is 76.4 Å². The first-order valence-electron chi connectivity index (χ1n) is 16.1. The molecule has 1 unspecified atom stereocenters. The summed E-state index contributed by atoms with van der Waals surface area (Å²) >= 11 is 0. The first-order chi connectivity index (χ1) is 22.2. The number of nitrogens with one attached hydrogen (secondary N) is 3. The lowest BCUT2D eigenvalue weighted by atomic mass is 9.68. The number of allylic oxidation sites excluding steroid dienone is 2. The van der Waals surface area contributed by atoms with Gasteiger partial charge < -0.3 is 20.9 Å². The van der Waals surface area contributed by atoms with Crippen LogP contribution < -0.4 is 16.0 Å². The van der Waals surface area contributed by atoms with Crippen molar-refractivity contribution in [2.45, 2.75) is 58.8 Å². The van der Waals surface area contributed by atoms with Crippen molar-refractivity contribution in [1.29, 1.82) is 0 Å². The predicted molar refractivity (Wildman–Crippen MR) is 187 cm³/mol. The van der Waals surface area contributed by atoms with Crippen molar-refractivity contribution < 1.29 is 14.5 Å². The van der Waals surface area contributed by atoms with Crippen LogP contribution in [-0.4, -0.2) is 54.4 Å². The van der Waals surface area contributed by atoms with Crippen LogP contribution in [0.3, 0.4) is 0 Å². The average Bonchev–Trinajstić information content (AvgIpc) is 3.07. The second-order valence-corrected chi connectivity index (χ2v) is 12.1. The Morgan fingerprint density at radius 3 is 1.85 bits per heavy atom. The third-order valence-electron chi connectivity index (χ3n) is 9.32. The van der Waals surface area contributed by atoms with Gasteiger partial charge in [0.15, 0.2) is 0 Å². The number of piperidine rings is 1. The van der Waals surface area contributed by atoms with E-state index < -0.39 is 10.8 Å². The topological polar surface area (TPSA) is 117 Å². The fourth-order valence-electron chi connectivity index (χ4n) is 6.99. The molecule has 9 heteroatoms. The Balaban J connectivity index is 0.00000500. The zero-order chi connectivity index (χ0) is 32.7. The number of amides is 2. The highest BCUT2D eigenvalue weighted by Crippen LogP contribution is 2.42. The lowest BCUT2D eigenvalue weighted by Gasteiger charge is -2.43. The summed E-state index contributed by atoms with van der Waals surface area (Å²) in [6.07, 6.45) is 2.84. The molecule has 1 fully saturated rings. The second kappa shape index (κ2) is 15.7. The second-order valence-electron chi connectivity index (χ2n) is 12.1. The molecule has 0 bridgehead atoms. The van der Waals surface area contributed by atoms with E-state index in [2.05, 4.69) is 81.5 Å². The van der Waals surface area contributed by atoms with Crippen molar-refractivity contribution in [3.8, 4) is 0 Å². The lowest BCUT2D eigenvalue weighted by molar-refractivity contribution is -0.384. The normalized spacial score (nSPS) is 17.7. The SMILES string of the molecule is C.CCNC(=O)C1=C(C)NC(C)=C(C(=O)NCCCN2CCC(c3ccccc3)(c3ccccc3)CC2)C1c1ccc([N+](=O)[O-])cc1. The Kier molecular flexibility index (Phi) is 11.7. The quantitative estimate of drug-likeness (QED) is 0.131. The number of hydrogen-bond acceptors (Lipinski definition) is 6. The van der Waals surface area contributed by atoms with Gasteiger partial charge in [0.2, 0.25) is 11.8 Å². The van der Waals surface area contributed by atoms with Crippen molar-refractivity contribution >= 4 is 17.5 Å². The number of rotatable bonds is 11. The van der Waals surface area contributed by atoms with E-state index in [9.17, 15) is 19.7 Å². The van der Waals surface area contributed by atoms with Crippen LogP contribution in [0.25, 0.3) is 0 Å². The van der Waals surface area contributed by atoms with Crippen molar-refractivity contribution in [1.82, 2.24) is 20.9 Å². The van der Waals surface area contributed by atoms with E-state index >= 15 is 0 Å². The summed E-state index contributed by atoms with van der Waals surface area (Å²) in [7, 11) is 0. The molecule has 2 aliphatic rings. The lowest BCUT2D eigenvalue weighted by Crippen LogP contribution is -2.44. The number of likely N-dealkylation sites (N-methyl/N-ethyl adjacent to an activating group) is 1. The minimum Gasteiger partial charge on any atom is -0.362 e. The number of carbonyl (C=O) groups excluding carboxylic acids is 2. The number of benzene rings is 3. The third-order valence-corrected chi connectivity index (χ3v) is 9.32. The Bertz CT molecular complexity index is 1570. The number of hydrogen-bond donors (Lipinski definition) is 3. The van der Waals surface area contributed by atoms with E-state index in [1.54, 1.807) is 12.1 Å². The zero-order valence-electron chi connectivity index (χ0n) is 26.8. The maximum absolute atomic E-state index is 13.8. The summed E-state index contributed by atoms with van der Waals surface area (Å²) < 4.78 is 0. The fourth-order valence-corrected chi connectivity index (χ4v) is 6.99. The van der Waals surface area contributed by atoms with Crippen LogP contribution in [0.15, 0.2) is 107 Å². The number of likely N-dealkylation sites (tertiary alicyclic amines) is 1. The van der Waals surface area contributed by atoms with E-state index in [-0.39, 0.29) is 30.3 Å². The largest absolute Gasteiger partial charge is 0.362 e. The number of nitro groups is 1. The van der Waals surface area contributed by atoms with Gasteiger partial charge in [-0.3, -0.25) is 19.7 Å². The number of nitro benzene ring substituents is 1. The van der Waals surface area contributed by atoms with E-state index in [1.807, 2.05) is 20.8 Å². The van der Waals surface area contributed by atoms with Crippen LogP contribution in [0.2, 0.25) is 0 Å². The third kappa shape index (κ3) is 7.63. The molecule has 1 atom stereocenters. The molecule has 1 saturated heterocycles. The predicted octanol–water partition coefficient (Wildman–Crippen LogP) is 6.19. The molecule has 0 aromatic heterocycles.